The van der Waals surface area contributed by atoms with Gasteiger partial charge in [-0.15, -0.1) is 0 Å². The molecule has 0 fully saturated rings. The van der Waals surface area contributed by atoms with Crippen molar-refractivity contribution in [2.75, 3.05) is 11.9 Å². The average molecular weight is 303 g/mol. The van der Waals surface area contributed by atoms with E-state index in [-0.39, 0.29) is 18.5 Å². The number of nitrogens with one attached hydrogen (secondary N) is 2. The average Bonchev–Trinajstić information content (AvgIpc) is 2.49. The minimum absolute atomic E-state index is 0.0130. The second kappa shape index (κ2) is 7.14. The number of carbonyl (C=O) groups excluding carboxylic acids is 1. The van der Waals surface area contributed by atoms with Gasteiger partial charge in [0, 0.05) is 10.7 Å². The van der Waals surface area contributed by atoms with Gasteiger partial charge in [-0.05, 0) is 37.1 Å². The summed E-state index contributed by atoms with van der Waals surface area (Å²) in [7, 11) is 0. The van der Waals surface area contributed by atoms with Gasteiger partial charge >= 0.3 is 0 Å². The number of hydrogen-bond donors (Lipinski definition) is 2. The summed E-state index contributed by atoms with van der Waals surface area (Å²) in [6.07, 6.45) is 0. The van der Waals surface area contributed by atoms with Crippen LogP contribution in [-0.2, 0) is 4.79 Å². The number of rotatable bonds is 5. The maximum Gasteiger partial charge on any atom is 0.239 e. The van der Waals surface area contributed by atoms with Crippen molar-refractivity contribution < 1.29 is 4.79 Å². The molecule has 110 valence electrons. The molecule has 0 spiro atoms. The minimum Gasteiger partial charge on any atom is -0.376 e. The molecule has 0 aliphatic heterocycles. The Hall–Kier alpha value is -2.00. The normalized spacial score (nSPS) is 11.8. The van der Waals surface area contributed by atoms with Gasteiger partial charge in [0.25, 0.3) is 0 Å². The third-order valence-corrected chi connectivity index (χ3v) is 3.55. The molecule has 0 bridgehead atoms. The molecule has 21 heavy (non-hydrogen) atoms. The Morgan fingerprint density at radius 1 is 1.19 bits per heavy atom. The molecule has 2 aromatic carbocycles. The summed E-state index contributed by atoms with van der Waals surface area (Å²) < 4.78 is 0. The zero-order chi connectivity index (χ0) is 15.2. The molecule has 0 saturated heterocycles. The highest BCUT2D eigenvalue weighted by molar-refractivity contribution is 6.30. The van der Waals surface area contributed by atoms with Gasteiger partial charge in [-0.1, -0.05) is 48.0 Å². The Bertz CT molecular complexity index is 613. The van der Waals surface area contributed by atoms with E-state index >= 15 is 0 Å². The number of amides is 1. The molecule has 1 atom stereocenters. The van der Waals surface area contributed by atoms with Gasteiger partial charge in [-0.2, -0.15) is 0 Å². The highest BCUT2D eigenvalue weighted by atomic mass is 35.5. The maximum absolute atomic E-state index is 12.0. The molecule has 0 aromatic heterocycles. The molecule has 2 aromatic rings. The van der Waals surface area contributed by atoms with E-state index < -0.39 is 0 Å². The molecule has 2 rings (SSSR count). The first-order valence-electron chi connectivity index (χ1n) is 6.90. The SMILES string of the molecule is Cc1ccc(Cl)cc1NCC(=O)NC(C)c1ccccc1. The van der Waals surface area contributed by atoms with Crippen molar-refractivity contribution in [2.45, 2.75) is 19.9 Å². The third-order valence-electron chi connectivity index (χ3n) is 3.32. The summed E-state index contributed by atoms with van der Waals surface area (Å²) in [6.45, 7) is 4.17. The van der Waals surface area contributed by atoms with E-state index in [1.54, 1.807) is 0 Å². The summed E-state index contributed by atoms with van der Waals surface area (Å²) in [5.41, 5.74) is 3.03. The quantitative estimate of drug-likeness (QED) is 0.878. The van der Waals surface area contributed by atoms with E-state index in [9.17, 15) is 4.79 Å². The fourth-order valence-corrected chi connectivity index (χ4v) is 2.25. The molecule has 4 heteroatoms. The van der Waals surface area contributed by atoms with E-state index in [1.165, 1.54) is 0 Å². The zero-order valence-electron chi connectivity index (χ0n) is 12.2. The molecule has 1 unspecified atom stereocenters. The van der Waals surface area contributed by atoms with Crippen molar-refractivity contribution >= 4 is 23.2 Å². The lowest BCUT2D eigenvalue weighted by Crippen LogP contribution is -2.32. The van der Waals surface area contributed by atoms with Crippen LogP contribution in [0.4, 0.5) is 5.69 Å². The predicted molar refractivity (Wildman–Crippen MR) is 87.7 cm³/mol. The van der Waals surface area contributed by atoms with Crippen molar-refractivity contribution in [3.05, 3.63) is 64.7 Å². The summed E-state index contributed by atoms with van der Waals surface area (Å²) in [5, 5.41) is 6.73. The Morgan fingerprint density at radius 3 is 2.62 bits per heavy atom. The van der Waals surface area contributed by atoms with Crippen LogP contribution in [0.3, 0.4) is 0 Å². The topological polar surface area (TPSA) is 41.1 Å². The lowest BCUT2D eigenvalue weighted by molar-refractivity contribution is -0.120. The molecule has 1 amide bonds. The highest BCUT2D eigenvalue weighted by Gasteiger charge is 2.09. The molecular formula is C17H19ClN2O. The number of halogens is 1. The molecule has 0 saturated carbocycles. The van der Waals surface area contributed by atoms with Crippen LogP contribution in [0.1, 0.15) is 24.1 Å². The van der Waals surface area contributed by atoms with E-state index in [0.717, 1.165) is 16.8 Å². The monoisotopic (exact) mass is 302 g/mol. The van der Waals surface area contributed by atoms with Gasteiger partial charge in [0.1, 0.15) is 0 Å². The first-order chi connectivity index (χ1) is 10.1. The van der Waals surface area contributed by atoms with Gasteiger partial charge in [0.2, 0.25) is 5.91 Å². The van der Waals surface area contributed by atoms with Gasteiger partial charge in [0.15, 0.2) is 0 Å². The lowest BCUT2D eigenvalue weighted by Gasteiger charge is -2.15. The maximum atomic E-state index is 12.0. The number of hydrogen-bond acceptors (Lipinski definition) is 2. The predicted octanol–water partition coefficient (Wildman–Crippen LogP) is 3.94. The van der Waals surface area contributed by atoms with Crippen LogP contribution in [0.15, 0.2) is 48.5 Å². The van der Waals surface area contributed by atoms with Crippen LogP contribution in [0.2, 0.25) is 5.02 Å². The van der Waals surface area contributed by atoms with Crippen LogP contribution >= 0.6 is 11.6 Å². The number of aryl methyl sites for hydroxylation is 1. The van der Waals surface area contributed by atoms with Crippen molar-refractivity contribution in [1.29, 1.82) is 0 Å². The van der Waals surface area contributed by atoms with Crippen molar-refractivity contribution in [2.24, 2.45) is 0 Å². The van der Waals surface area contributed by atoms with Gasteiger partial charge in [-0.3, -0.25) is 4.79 Å². The standard InChI is InChI=1S/C17H19ClN2O/c1-12-8-9-15(18)10-16(12)19-11-17(21)20-13(2)14-6-4-3-5-7-14/h3-10,13,19H,11H2,1-2H3,(H,20,21). The second-order valence-corrected chi connectivity index (χ2v) is 5.45. The third kappa shape index (κ3) is 4.50. The Balaban J connectivity index is 1.89. The fraction of sp³-hybridized carbons (Fsp3) is 0.235. The summed E-state index contributed by atoms with van der Waals surface area (Å²) in [6, 6.07) is 15.5. The molecule has 0 radical (unpaired) electrons. The largest absolute Gasteiger partial charge is 0.376 e. The Morgan fingerprint density at radius 2 is 1.90 bits per heavy atom. The van der Waals surface area contributed by atoms with Gasteiger partial charge in [-0.25, -0.2) is 0 Å². The molecule has 2 N–H and O–H groups in total. The van der Waals surface area contributed by atoms with Crippen LogP contribution in [0.25, 0.3) is 0 Å². The van der Waals surface area contributed by atoms with Crippen LogP contribution in [0.5, 0.6) is 0 Å². The Labute approximate surface area is 130 Å². The number of benzene rings is 2. The summed E-state index contributed by atoms with van der Waals surface area (Å²) >= 11 is 5.96. The summed E-state index contributed by atoms with van der Waals surface area (Å²) in [5.74, 6) is -0.0503. The van der Waals surface area contributed by atoms with E-state index in [4.69, 9.17) is 11.6 Å². The molecule has 0 heterocycles. The van der Waals surface area contributed by atoms with E-state index in [2.05, 4.69) is 10.6 Å². The van der Waals surface area contributed by atoms with Gasteiger partial charge in [0.05, 0.1) is 12.6 Å². The van der Waals surface area contributed by atoms with Crippen LogP contribution in [0, 0.1) is 6.92 Å². The van der Waals surface area contributed by atoms with Crippen LogP contribution in [-0.4, -0.2) is 12.5 Å². The first kappa shape index (κ1) is 15.4. The first-order valence-corrected chi connectivity index (χ1v) is 7.28. The smallest absolute Gasteiger partial charge is 0.239 e. The number of carbonyl (C=O) groups is 1. The zero-order valence-corrected chi connectivity index (χ0v) is 12.9. The van der Waals surface area contributed by atoms with Crippen molar-refractivity contribution in [3.63, 3.8) is 0 Å². The summed E-state index contributed by atoms with van der Waals surface area (Å²) in [4.78, 5) is 12.0. The number of anilines is 1. The Kier molecular flexibility index (Phi) is 5.23. The highest BCUT2D eigenvalue weighted by Crippen LogP contribution is 2.19. The van der Waals surface area contributed by atoms with E-state index in [1.807, 2.05) is 62.4 Å². The minimum atomic E-state index is -0.0503. The fourth-order valence-electron chi connectivity index (χ4n) is 2.08. The van der Waals surface area contributed by atoms with Crippen LogP contribution < -0.4 is 10.6 Å². The molecule has 0 aliphatic rings. The lowest BCUT2D eigenvalue weighted by atomic mass is 10.1. The van der Waals surface area contributed by atoms with Gasteiger partial charge < -0.3 is 10.6 Å². The van der Waals surface area contributed by atoms with Crippen molar-refractivity contribution in [1.82, 2.24) is 5.32 Å². The van der Waals surface area contributed by atoms with E-state index in [0.29, 0.717) is 5.02 Å². The molecular weight excluding hydrogens is 284 g/mol. The molecule has 0 aliphatic carbocycles. The second-order valence-electron chi connectivity index (χ2n) is 5.01. The molecule has 3 nitrogen and oxygen atoms in total. The van der Waals surface area contributed by atoms with Crippen molar-refractivity contribution in [3.8, 4) is 0 Å².